The van der Waals surface area contributed by atoms with Crippen LogP contribution in [-0.2, 0) is 14.4 Å². The van der Waals surface area contributed by atoms with Gasteiger partial charge in [0.25, 0.3) is 5.91 Å². The van der Waals surface area contributed by atoms with Gasteiger partial charge >= 0.3 is 5.97 Å². The molecule has 1 aliphatic carbocycles. The molecule has 1 aromatic carbocycles. The van der Waals surface area contributed by atoms with Crippen molar-refractivity contribution in [3.8, 4) is 22.4 Å². The number of thiazole rings is 1. The molecular formula is C32H33FN4O4S. The smallest absolute Gasteiger partial charge is 0.304 e. The lowest BCUT2D eigenvalue weighted by molar-refractivity contribution is -0.142. The van der Waals surface area contributed by atoms with E-state index in [4.69, 9.17) is 4.98 Å². The second-order valence-electron chi connectivity index (χ2n) is 11.3. The van der Waals surface area contributed by atoms with Crippen LogP contribution in [0.25, 0.3) is 22.4 Å². The SMILES string of the molecule is O=C(O)C[C@@H]1C(=O)N(c2nc(-c3ccccc3-c3ccc(N4CC[C@@H](F)C4=O)nc3)cs2)CC=CC[C@@H]1C1CCCC1. The van der Waals surface area contributed by atoms with Crippen molar-refractivity contribution in [1.29, 1.82) is 0 Å². The maximum atomic E-state index is 14.0. The van der Waals surface area contributed by atoms with Crippen molar-refractivity contribution in [3.05, 3.63) is 60.1 Å². The molecule has 2 amide bonds. The minimum atomic E-state index is -1.48. The van der Waals surface area contributed by atoms with Gasteiger partial charge in [-0.1, -0.05) is 62.1 Å². The highest BCUT2D eigenvalue weighted by atomic mass is 32.1. The molecule has 10 heteroatoms. The van der Waals surface area contributed by atoms with E-state index in [1.165, 1.54) is 16.2 Å². The summed E-state index contributed by atoms with van der Waals surface area (Å²) in [6.07, 6.45) is 9.36. The number of benzene rings is 1. The molecule has 2 aromatic heterocycles. The van der Waals surface area contributed by atoms with Crippen molar-refractivity contribution in [3.63, 3.8) is 0 Å². The van der Waals surface area contributed by atoms with Crippen LogP contribution >= 0.6 is 11.3 Å². The van der Waals surface area contributed by atoms with Crippen LogP contribution in [-0.4, -0.2) is 52.1 Å². The number of rotatable bonds is 7. The molecule has 42 heavy (non-hydrogen) atoms. The molecule has 1 N–H and O–H groups in total. The number of pyridine rings is 1. The number of amides is 2. The first kappa shape index (κ1) is 28.2. The molecule has 0 spiro atoms. The van der Waals surface area contributed by atoms with Gasteiger partial charge in [-0.05, 0) is 36.0 Å². The fourth-order valence-corrected chi connectivity index (χ4v) is 7.46. The molecule has 4 heterocycles. The summed E-state index contributed by atoms with van der Waals surface area (Å²) in [4.78, 5) is 50.2. The zero-order chi connectivity index (χ0) is 29.2. The molecule has 3 aromatic rings. The highest BCUT2D eigenvalue weighted by molar-refractivity contribution is 7.14. The number of alkyl halides is 1. The monoisotopic (exact) mass is 588 g/mol. The van der Waals surface area contributed by atoms with Gasteiger partial charge in [0.05, 0.1) is 18.0 Å². The van der Waals surface area contributed by atoms with E-state index in [1.807, 2.05) is 41.8 Å². The molecule has 8 nitrogen and oxygen atoms in total. The van der Waals surface area contributed by atoms with Crippen LogP contribution in [0.1, 0.15) is 44.9 Å². The molecule has 1 saturated heterocycles. The zero-order valence-electron chi connectivity index (χ0n) is 23.2. The van der Waals surface area contributed by atoms with Crippen molar-refractivity contribution in [1.82, 2.24) is 9.97 Å². The summed E-state index contributed by atoms with van der Waals surface area (Å²) >= 11 is 1.37. The predicted octanol–water partition coefficient (Wildman–Crippen LogP) is 6.14. The number of halogens is 1. The zero-order valence-corrected chi connectivity index (χ0v) is 24.0. The van der Waals surface area contributed by atoms with Gasteiger partial charge in [-0.25, -0.2) is 14.4 Å². The molecule has 1 saturated carbocycles. The van der Waals surface area contributed by atoms with Crippen molar-refractivity contribution >= 4 is 40.1 Å². The number of aliphatic carboxylic acids is 1. The van der Waals surface area contributed by atoms with Gasteiger partial charge in [-0.3, -0.25) is 24.2 Å². The number of aromatic nitrogens is 2. The van der Waals surface area contributed by atoms with Crippen LogP contribution in [0.2, 0.25) is 0 Å². The summed E-state index contributed by atoms with van der Waals surface area (Å²) < 4.78 is 13.7. The Balaban J connectivity index is 1.28. The molecule has 6 rings (SSSR count). The Bertz CT molecular complexity index is 1500. The summed E-state index contributed by atoms with van der Waals surface area (Å²) in [5.41, 5.74) is 3.26. The summed E-state index contributed by atoms with van der Waals surface area (Å²) in [5, 5.41) is 12.2. The van der Waals surface area contributed by atoms with Crippen molar-refractivity contribution in [2.24, 2.45) is 17.8 Å². The van der Waals surface area contributed by atoms with Crippen LogP contribution < -0.4 is 9.80 Å². The van der Waals surface area contributed by atoms with E-state index >= 15 is 0 Å². The molecule has 3 aliphatic rings. The Morgan fingerprint density at radius 3 is 2.48 bits per heavy atom. The number of carboxylic acids is 1. The Morgan fingerprint density at radius 1 is 1.00 bits per heavy atom. The number of carbonyl (C=O) groups excluding carboxylic acids is 2. The third-order valence-electron chi connectivity index (χ3n) is 8.76. The molecule has 0 bridgehead atoms. The minimum Gasteiger partial charge on any atom is -0.481 e. The van der Waals surface area contributed by atoms with Gasteiger partial charge in [0, 0.05) is 42.2 Å². The Kier molecular flexibility index (Phi) is 8.15. The third-order valence-corrected chi connectivity index (χ3v) is 9.63. The highest BCUT2D eigenvalue weighted by Gasteiger charge is 2.40. The van der Waals surface area contributed by atoms with Crippen LogP contribution in [0.4, 0.5) is 15.3 Å². The number of hydrogen-bond donors (Lipinski definition) is 1. The Labute approximate surface area is 247 Å². The van der Waals surface area contributed by atoms with Crippen molar-refractivity contribution in [2.45, 2.75) is 51.1 Å². The van der Waals surface area contributed by atoms with Gasteiger partial charge < -0.3 is 5.11 Å². The first-order chi connectivity index (χ1) is 20.4. The predicted molar refractivity (Wildman–Crippen MR) is 160 cm³/mol. The van der Waals surface area contributed by atoms with Crippen LogP contribution in [0.3, 0.4) is 0 Å². The minimum absolute atomic E-state index is 0.0115. The first-order valence-corrected chi connectivity index (χ1v) is 15.4. The molecule has 218 valence electrons. The van der Waals surface area contributed by atoms with Gasteiger partial charge in [0.2, 0.25) is 5.91 Å². The van der Waals surface area contributed by atoms with Gasteiger partial charge in [0.15, 0.2) is 11.3 Å². The fraction of sp³-hybridized carbons (Fsp3) is 0.406. The van der Waals surface area contributed by atoms with E-state index in [0.717, 1.165) is 48.8 Å². The summed E-state index contributed by atoms with van der Waals surface area (Å²) in [5.74, 6) is -1.46. The van der Waals surface area contributed by atoms with Crippen LogP contribution in [0.5, 0.6) is 0 Å². The second kappa shape index (κ2) is 12.1. The molecular weight excluding hydrogens is 555 g/mol. The van der Waals surface area contributed by atoms with E-state index < -0.39 is 24.0 Å². The topological polar surface area (TPSA) is 104 Å². The summed E-state index contributed by atoms with van der Waals surface area (Å²) in [7, 11) is 0. The lowest BCUT2D eigenvalue weighted by atomic mass is 9.75. The summed E-state index contributed by atoms with van der Waals surface area (Å²) in [6.45, 7) is 0.658. The lowest BCUT2D eigenvalue weighted by Gasteiger charge is -2.34. The quantitative estimate of drug-likeness (QED) is 0.333. The standard InChI is InChI=1S/C32H33FN4O4S/c33-26-14-16-36(31(26)41)28-13-12-21(18-34-28)23-9-3-4-11-24(23)27-19-42-32(35-27)37-15-6-5-10-22(20-7-1-2-8-20)25(30(37)40)17-29(38)39/h3-6,9,11-13,18-20,22,25-26H,1-2,7-8,10,14-17H2,(H,38,39)/t22-,25+,26-/m1/s1. The highest BCUT2D eigenvalue weighted by Crippen LogP contribution is 2.41. The third kappa shape index (κ3) is 5.60. The van der Waals surface area contributed by atoms with E-state index in [9.17, 15) is 23.9 Å². The normalized spacial score (nSPS) is 23.4. The van der Waals surface area contributed by atoms with Crippen LogP contribution in [0.15, 0.2) is 60.1 Å². The van der Waals surface area contributed by atoms with E-state index in [-0.39, 0.29) is 24.7 Å². The molecule has 0 unspecified atom stereocenters. The Hall–Kier alpha value is -3.92. The number of hydrogen-bond acceptors (Lipinski definition) is 6. The van der Waals surface area contributed by atoms with Crippen molar-refractivity contribution < 1.29 is 23.9 Å². The largest absolute Gasteiger partial charge is 0.481 e. The second-order valence-corrected chi connectivity index (χ2v) is 12.1. The average Bonchev–Trinajstić information content (AvgIpc) is 3.76. The van der Waals surface area contributed by atoms with E-state index in [1.54, 1.807) is 17.2 Å². The maximum Gasteiger partial charge on any atom is 0.304 e. The van der Waals surface area contributed by atoms with Gasteiger partial charge in [0.1, 0.15) is 5.82 Å². The fourth-order valence-electron chi connectivity index (χ4n) is 6.62. The van der Waals surface area contributed by atoms with Gasteiger partial charge in [-0.2, -0.15) is 0 Å². The van der Waals surface area contributed by atoms with Crippen LogP contribution in [0, 0.1) is 17.8 Å². The van der Waals surface area contributed by atoms with Crippen molar-refractivity contribution in [2.75, 3.05) is 22.9 Å². The number of allylic oxidation sites excluding steroid dienone is 1. The molecule has 2 fully saturated rings. The number of anilines is 2. The molecule has 2 aliphatic heterocycles. The molecule has 0 radical (unpaired) electrons. The maximum absolute atomic E-state index is 14.0. The van der Waals surface area contributed by atoms with E-state index in [2.05, 4.69) is 11.1 Å². The Morgan fingerprint density at radius 2 is 1.79 bits per heavy atom. The lowest BCUT2D eigenvalue weighted by Crippen LogP contribution is -2.43. The number of carboxylic acid groups (broad SMARTS) is 1. The summed E-state index contributed by atoms with van der Waals surface area (Å²) in [6, 6.07) is 11.3. The number of carbonyl (C=O) groups is 3. The van der Waals surface area contributed by atoms with Gasteiger partial charge in [-0.15, -0.1) is 11.3 Å². The first-order valence-electron chi connectivity index (χ1n) is 14.6. The molecule has 3 atom stereocenters. The average molecular weight is 589 g/mol. The van der Waals surface area contributed by atoms with E-state index in [0.29, 0.717) is 35.7 Å². The number of nitrogens with zero attached hydrogens (tertiary/aromatic N) is 4.